The van der Waals surface area contributed by atoms with Crippen molar-refractivity contribution in [3.05, 3.63) is 47.5 Å². The van der Waals surface area contributed by atoms with E-state index in [1.165, 1.54) is 50.9 Å². The van der Waals surface area contributed by atoms with Crippen molar-refractivity contribution >= 4 is 15.9 Å². The lowest BCUT2D eigenvalue weighted by Gasteiger charge is -2.20. The summed E-state index contributed by atoms with van der Waals surface area (Å²) in [6, 6.07) is 9.29. The van der Waals surface area contributed by atoms with Crippen LogP contribution in [0.2, 0.25) is 0 Å². The summed E-state index contributed by atoms with van der Waals surface area (Å²) in [4.78, 5) is 12.5. The van der Waals surface area contributed by atoms with E-state index < -0.39 is 15.9 Å². The van der Waals surface area contributed by atoms with Gasteiger partial charge in [0.1, 0.15) is 17.2 Å². The Morgan fingerprint density at radius 3 is 2.20 bits per heavy atom. The first-order chi connectivity index (χ1) is 14.1. The third-order valence-electron chi connectivity index (χ3n) is 4.42. The van der Waals surface area contributed by atoms with E-state index in [2.05, 4.69) is 5.32 Å². The van der Waals surface area contributed by atoms with Crippen molar-refractivity contribution < 1.29 is 27.4 Å². The zero-order chi connectivity index (χ0) is 22.5. The van der Waals surface area contributed by atoms with Gasteiger partial charge in [0.15, 0.2) is 0 Å². The number of carbonyl (C=O) groups excluding carboxylic acids is 1. The zero-order valence-corrected chi connectivity index (χ0v) is 18.9. The number of ether oxygens (including phenoxy) is 3. The topological polar surface area (TPSA) is 94.2 Å². The molecule has 9 heteroatoms. The van der Waals surface area contributed by atoms with Crippen LogP contribution in [0.15, 0.2) is 41.3 Å². The molecule has 0 aliphatic rings. The molecule has 0 unspecified atom stereocenters. The highest BCUT2D eigenvalue weighted by Gasteiger charge is 2.25. The fraction of sp³-hybridized carbons (Fsp3) is 0.381. The molecule has 0 aromatic heterocycles. The summed E-state index contributed by atoms with van der Waals surface area (Å²) >= 11 is 0. The number of rotatable bonds is 9. The van der Waals surface area contributed by atoms with Crippen LogP contribution in [0.25, 0.3) is 0 Å². The Morgan fingerprint density at radius 1 is 1.00 bits per heavy atom. The molecule has 0 spiro atoms. The predicted octanol–water partition coefficient (Wildman–Crippen LogP) is 2.67. The molecular weight excluding hydrogens is 408 g/mol. The lowest BCUT2D eigenvalue weighted by atomic mass is 10.2. The molecule has 2 aromatic rings. The Hall–Kier alpha value is -2.78. The van der Waals surface area contributed by atoms with Crippen molar-refractivity contribution in [2.24, 2.45) is 0 Å². The van der Waals surface area contributed by atoms with Crippen LogP contribution < -0.4 is 19.5 Å². The average Bonchev–Trinajstić information content (AvgIpc) is 2.72. The molecule has 2 aromatic carbocycles. The minimum atomic E-state index is -3.89. The molecule has 2 rings (SSSR count). The molecule has 0 heterocycles. The van der Waals surface area contributed by atoms with Crippen LogP contribution in [0, 0.1) is 0 Å². The molecule has 0 saturated heterocycles. The third kappa shape index (κ3) is 5.22. The number of methoxy groups -OCH3 is 3. The van der Waals surface area contributed by atoms with Gasteiger partial charge >= 0.3 is 0 Å². The van der Waals surface area contributed by atoms with E-state index in [0.717, 1.165) is 0 Å². The largest absolute Gasteiger partial charge is 0.497 e. The van der Waals surface area contributed by atoms with Gasteiger partial charge in [-0.05, 0) is 50.2 Å². The van der Waals surface area contributed by atoms with Crippen LogP contribution in [0.4, 0.5) is 0 Å². The Morgan fingerprint density at radius 2 is 1.63 bits per heavy atom. The van der Waals surface area contributed by atoms with Gasteiger partial charge in [-0.15, -0.1) is 0 Å². The second-order valence-corrected chi connectivity index (χ2v) is 8.97. The average molecular weight is 437 g/mol. The fourth-order valence-electron chi connectivity index (χ4n) is 2.88. The molecule has 0 saturated carbocycles. The number of hydrogen-bond acceptors (Lipinski definition) is 6. The molecule has 1 amide bonds. The van der Waals surface area contributed by atoms with Gasteiger partial charge in [0.25, 0.3) is 5.91 Å². The standard InChI is InChI=1S/C21H28N2O6S/c1-14(2)22-21(24)18-12-17(8-10-20(18)29-6)30(25,26)23(3)13-15-11-16(27-4)7-9-19(15)28-5/h7-12,14H,13H2,1-6H3,(H,22,24). The van der Waals surface area contributed by atoms with Gasteiger partial charge in [0, 0.05) is 25.2 Å². The quantitative estimate of drug-likeness (QED) is 0.650. The van der Waals surface area contributed by atoms with Gasteiger partial charge in [-0.25, -0.2) is 8.42 Å². The number of amides is 1. The zero-order valence-electron chi connectivity index (χ0n) is 18.1. The van der Waals surface area contributed by atoms with Crippen LogP contribution in [0.1, 0.15) is 29.8 Å². The summed E-state index contributed by atoms with van der Waals surface area (Å²) in [5, 5.41) is 2.75. The second-order valence-electron chi connectivity index (χ2n) is 6.93. The Bertz CT molecular complexity index is 1000. The number of sulfonamides is 1. The predicted molar refractivity (Wildman–Crippen MR) is 114 cm³/mol. The maximum absolute atomic E-state index is 13.2. The van der Waals surface area contributed by atoms with Crippen molar-refractivity contribution in [3.63, 3.8) is 0 Å². The lowest BCUT2D eigenvalue weighted by molar-refractivity contribution is 0.0940. The monoisotopic (exact) mass is 436 g/mol. The molecule has 0 fully saturated rings. The molecule has 0 aliphatic carbocycles. The van der Waals surface area contributed by atoms with Crippen LogP contribution in [-0.2, 0) is 16.6 Å². The Labute approximate surface area is 177 Å². The maximum atomic E-state index is 13.2. The number of carbonyl (C=O) groups is 1. The van der Waals surface area contributed by atoms with Crippen LogP contribution in [0.5, 0.6) is 17.2 Å². The first-order valence-corrected chi connectivity index (χ1v) is 10.7. The van der Waals surface area contributed by atoms with Crippen molar-refractivity contribution in [1.29, 1.82) is 0 Å². The SMILES string of the molecule is COc1ccc(OC)c(CN(C)S(=O)(=O)c2ccc(OC)c(C(=O)NC(C)C)c2)c1. The van der Waals surface area contributed by atoms with Crippen molar-refractivity contribution in [3.8, 4) is 17.2 Å². The normalized spacial score (nSPS) is 11.5. The van der Waals surface area contributed by atoms with Crippen molar-refractivity contribution in [1.82, 2.24) is 9.62 Å². The number of hydrogen-bond donors (Lipinski definition) is 1. The minimum Gasteiger partial charge on any atom is -0.497 e. The van der Waals surface area contributed by atoms with E-state index in [1.807, 2.05) is 13.8 Å². The number of benzene rings is 2. The van der Waals surface area contributed by atoms with E-state index in [9.17, 15) is 13.2 Å². The fourth-order valence-corrected chi connectivity index (χ4v) is 4.05. The smallest absolute Gasteiger partial charge is 0.255 e. The molecule has 0 radical (unpaired) electrons. The number of nitrogens with one attached hydrogen (secondary N) is 1. The van der Waals surface area contributed by atoms with Crippen molar-refractivity contribution in [2.45, 2.75) is 31.3 Å². The van der Waals surface area contributed by atoms with Gasteiger partial charge in [0.2, 0.25) is 10.0 Å². The molecular formula is C21H28N2O6S. The highest BCUT2D eigenvalue weighted by Crippen LogP contribution is 2.28. The van der Waals surface area contributed by atoms with Crippen LogP contribution in [-0.4, -0.2) is 53.0 Å². The minimum absolute atomic E-state index is 0.0124. The summed E-state index contributed by atoms with van der Waals surface area (Å²) < 4.78 is 43.3. The van der Waals surface area contributed by atoms with E-state index in [-0.39, 0.29) is 23.0 Å². The van der Waals surface area contributed by atoms with Crippen LogP contribution in [0.3, 0.4) is 0 Å². The summed E-state index contributed by atoms with van der Waals surface area (Å²) in [6.45, 7) is 3.70. The van der Waals surface area contributed by atoms with Gasteiger partial charge in [-0.1, -0.05) is 0 Å². The molecule has 1 N–H and O–H groups in total. The first kappa shape index (κ1) is 23.5. The van der Waals surface area contributed by atoms with E-state index in [1.54, 1.807) is 18.2 Å². The second kappa shape index (κ2) is 9.82. The molecule has 30 heavy (non-hydrogen) atoms. The number of nitrogens with zero attached hydrogens (tertiary/aromatic N) is 1. The highest BCUT2D eigenvalue weighted by molar-refractivity contribution is 7.89. The molecule has 0 atom stereocenters. The molecule has 164 valence electrons. The summed E-state index contributed by atoms with van der Waals surface area (Å²) in [5.41, 5.74) is 0.800. The molecule has 8 nitrogen and oxygen atoms in total. The van der Waals surface area contributed by atoms with Gasteiger partial charge in [-0.3, -0.25) is 4.79 Å². The molecule has 0 bridgehead atoms. The Balaban J connectivity index is 2.40. The Kier molecular flexibility index (Phi) is 7.69. The van der Waals surface area contributed by atoms with Gasteiger partial charge in [-0.2, -0.15) is 4.31 Å². The van der Waals surface area contributed by atoms with E-state index >= 15 is 0 Å². The summed E-state index contributed by atoms with van der Waals surface area (Å²) in [7, 11) is 2.05. The third-order valence-corrected chi connectivity index (χ3v) is 6.22. The highest BCUT2D eigenvalue weighted by atomic mass is 32.2. The maximum Gasteiger partial charge on any atom is 0.255 e. The first-order valence-electron chi connectivity index (χ1n) is 9.30. The summed E-state index contributed by atoms with van der Waals surface area (Å²) in [5.74, 6) is 1.03. The summed E-state index contributed by atoms with van der Waals surface area (Å²) in [6.07, 6.45) is 0. The lowest BCUT2D eigenvalue weighted by Crippen LogP contribution is -2.31. The molecule has 0 aliphatic heterocycles. The van der Waals surface area contributed by atoms with Gasteiger partial charge < -0.3 is 19.5 Å². The van der Waals surface area contributed by atoms with E-state index in [4.69, 9.17) is 14.2 Å². The van der Waals surface area contributed by atoms with Crippen molar-refractivity contribution in [2.75, 3.05) is 28.4 Å². The van der Waals surface area contributed by atoms with Gasteiger partial charge in [0.05, 0.1) is 31.8 Å². The van der Waals surface area contributed by atoms with Crippen LogP contribution >= 0.6 is 0 Å². The van der Waals surface area contributed by atoms with E-state index in [0.29, 0.717) is 22.8 Å².